The van der Waals surface area contributed by atoms with Gasteiger partial charge in [-0.25, -0.2) is 14.1 Å². The molecule has 3 heterocycles. The van der Waals surface area contributed by atoms with Gasteiger partial charge in [-0.05, 0) is 44.0 Å². The van der Waals surface area contributed by atoms with Gasteiger partial charge in [0.25, 0.3) is 0 Å². The average Bonchev–Trinajstić information content (AvgIpc) is 3.73. The highest BCUT2D eigenvalue weighted by molar-refractivity contribution is 7.47. The largest absolute Gasteiger partial charge is 0.472 e. The number of rotatable bonds is 30. The lowest BCUT2D eigenvalue weighted by molar-refractivity contribution is -0.107. The van der Waals surface area contributed by atoms with Crippen LogP contribution in [0.25, 0.3) is 5.52 Å². The van der Waals surface area contributed by atoms with Crippen molar-refractivity contribution in [3.63, 3.8) is 0 Å². The number of fused-ring (bicyclic) bond motifs is 1. The van der Waals surface area contributed by atoms with Crippen LogP contribution < -0.4 is 5.73 Å². The summed E-state index contributed by atoms with van der Waals surface area (Å²) >= 11 is 0. The van der Waals surface area contributed by atoms with Gasteiger partial charge >= 0.3 is 7.82 Å². The first-order chi connectivity index (χ1) is 26.7. The van der Waals surface area contributed by atoms with Crippen LogP contribution in [0.1, 0.15) is 154 Å². The van der Waals surface area contributed by atoms with Crippen molar-refractivity contribution in [3.8, 4) is 0 Å². The minimum Gasteiger partial charge on any atom is -0.387 e. The molecule has 55 heavy (non-hydrogen) atoms. The van der Waals surface area contributed by atoms with E-state index in [-0.39, 0.29) is 19.0 Å². The Labute approximate surface area is 328 Å². The Bertz CT molecular complexity index is 1410. The molecule has 4 rings (SSSR count). The molecule has 2 aromatic rings. The molecule has 14 nitrogen and oxygen atoms in total. The van der Waals surface area contributed by atoms with Crippen LogP contribution in [0.4, 0.5) is 5.82 Å². The highest BCUT2D eigenvalue weighted by Crippen LogP contribution is 2.48. The molecule has 0 radical (unpaired) electrons. The van der Waals surface area contributed by atoms with E-state index in [9.17, 15) is 19.7 Å². The van der Waals surface area contributed by atoms with Crippen LogP contribution in [0, 0.1) is 5.92 Å². The van der Waals surface area contributed by atoms with E-state index >= 15 is 0 Å². The second-order valence-corrected chi connectivity index (χ2v) is 17.0. The summed E-state index contributed by atoms with van der Waals surface area (Å²) in [4.78, 5) is 18.5. The summed E-state index contributed by atoms with van der Waals surface area (Å²) in [6.45, 7) is 6.15. The fourth-order valence-electron chi connectivity index (χ4n) is 7.64. The third-order valence-electron chi connectivity index (χ3n) is 11.1. The van der Waals surface area contributed by atoms with E-state index in [1.54, 1.807) is 12.1 Å². The first-order valence-electron chi connectivity index (χ1n) is 21.1. The maximum Gasteiger partial charge on any atom is 0.472 e. The lowest BCUT2D eigenvalue weighted by atomic mass is 9.90. The van der Waals surface area contributed by atoms with Gasteiger partial charge in [-0.2, -0.15) is 5.10 Å². The monoisotopic (exact) mass is 795 g/mol. The topological polar surface area (TPSA) is 192 Å². The molecule has 0 amide bonds. The summed E-state index contributed by atoms with van der Waals surface area (Å²) in [6.07, 6.45) is 23.1. The number of aromatic nitrogens is 3. The van der Waals surface area contributed by atoms with Crippen molar-refractivity contribution in [3.05, 3.63) is 24.2 Å². The number of ether oxygens (including phenoxy) is 3. The number of aliphatic hydroxyl groups is 2. The Balaban J connectivity index is 1.15. The second-order valence-electron chi connectivity index (χ2n) is 15.6. The number of phosphoric ester groups is 1. The summed E-state index contributed by atoms with van der Waals surface area (Å²) in [5, 5.41) is 26.1. The van der Waals surface area contributed by atoms with Crippen LogP contribution in [-0.2, 0) is 27.8 Å². The smallest absolute Gasteiger partial charge is 0.387 e. The van der Waals surface area contributed by atoms with Gasteiger partial charge in [0.1, 0.15) is 42.9 Å². The van der Waals surface area contributed by atoms with Crippen LogP contribution in [0.15, 0.2) is 23.5 Å². The van der Waals surface area contributed by atoms with Crippen molar-refractivity contribution in [2.45, 2.75) is 172 Å². The molecule has 1 saturated carbocycles. The van der Waals surface area contributed by atoms with Gasteiger partial charge in [0, 0.05) is 13.2 Å². The Morgan fingerprint density at radius 2 is 1.56 bits per heavy atom. The third kappa shape index (κ3) is 15.0. The number of aliphatic imine (C=N–C) groups is 1. The number of phosphoric acid groups is 1. The fourth-order valence-corrected chi connectivity index (χ4v) is 8.41. The lowest BCUT2D eigenvalue weighted by Crippen LogP contribution is -2.45. The summed E-state index contributed by atoms with van der Waals surface area (Å²) < 4.78 is 43.3. The number of nitrogen functional groups attached to an aromatic ring is 1. The molecule has 2 aliphatic rings. The van der Waals surface area contributed by atoms with Crippen molar-refractivity contribution in [2.24, 2.45) is 10.9 Å². The van der Waals surface area contributed by atoms with Crippen molar-refractivity contribution < 1.29 is 42.9 Å². The zero-order valence-corrected chi connectivity index (χ0v) is 34.2. The summed E-state index contributed by atoms with van der Waals surface area (Å²) in [7, 11) is -4.70. The molecule has 2 aromatic heterocycles. The molecule has 1 aliphatic heterocycles. The van der Waals surface area contributed by atoms with Crippen LogP contribution >= 0.6 is 7.82 Å². The molecule has 0 aromatic carbocycles. The van der Waals surface area contributed by atoms with E-state index in [1.165, 1.54) is 120 Å². The fraction of sp³-hybridized carbons (Fsp3) is 0.825. The zero-order valence-electron chi connectivity index (χ0n) is 33.3. The Kier molecular flexibility index (Phi) is 20.5. The molecule has 15 heteroatoms. The number of nitrogens with two attached hydrogens (primary N) is 1. The molecular formula is C40H70N5O9P. The molecule has 5 N–H and O–H groups in total. The first-order valence-corrected chi connectivity index (χ1v) is 22.6. The predicted octanol–water partition coefficient (Wildman–Crippen LogP) is 7.88. The average molecular weight is 796 g/mol. The number of anilines is 1. The van der Waals surface area contributed by atoms with Crippen molar-refractivity contribution in [1.82, 2.24) is 14.6 Å². The maximum atomic E-state index is 13.1. The molecule has 1 unspecified atom stereocenters. The number of unbranched alkanes of at least 4 members (excludes halogenated alkanes) is 15. The van der Waals surface area contributed by atoms with E-state index in [0.717, 1.165) is 25.7 Å². The summed E-state index contributed by atoms with van der Waals surface area (Å²) in [6, 6.07) is 3.27. The van der Waals surface area contributed by atoms with Crippen molar-refractivity contribution in [1.29, 1.82) is 0 Å². The SMILES string of the molecule is C=N[C@]1(COP(=O)(O)OC[C@@H](COCCCCCCCCCCCCCCCCCC)OCC2CCCCC2)O[C@@H](c2ccc3c(N)ncnn23)[C@H](O)[C@@H]1O. The highest BCUT2D eigenvalue weighted by atomic mass is 31.2. The number of hydrogen-bond acceptors (Lipinski definition) is 12. The van der Waals surface area contributed by atoms with E-state index < -0.39 is 44.6 Å². The Hall–Kier alpha value is -2.00. The van der Waals surface area contributed by atoms with Crippen LogP contribution in [0.2, 0.25) is 0 Å². The summed E-state index contributed by atoms with van der Waals surface area (Å²) in [5.74, 6) is 0.656. The number of aliphatic hydroxyl groups excluding tert-OH is 2. The number of hydrogen-bond donors (Lipinski definition) is 4. The molecule has 6 atom stereocenters. The van der Waals surface area contributed by atoms with E-state index in [2.05, 4.69) is 28.7 Å². The van der Waals surface area contributed by atoms with E-state index in [0.29, 0.717) is 30.3 Å². The standard InChI is InChI=1S/C40H70N5O9P/c1-3-4-5-6-7-8-9-10-11-12-13-14-15-16-17-21-26-50-28-33(51-27-32-22-19-18-20-23-32)29-52-55(48,49)53-30-40(42-2)38(47)36(46)37(54-40)34-24-25-35-39(41)43-31-44-45(34)35/h24-25,31-33,36-38,46-47H,2-23,26-30H2,1H3,(H,48,49)(H2,41,43,44)/t33-,36+,37+,38+,40-/m1/s1. The molecule has 2 fully saturated rings. The van der Waals surface area contributed by atoms with Crippen molar-refractivity contribution >= 4 is 25.9 Å². The van der Waals surface area contributed by atoms with Crippen molar-refractivity contribution in [2.75, 3.05) is 38.8 Å². The minimum atomic E-state index is -4.70. The first kappa shape index (κ1) is 45.7. The highest BCUT2D eigenvalue weighted by Gasteiger charge is 2.56. The van der Waals surface area contributed by atoms with E-state index in [4.69, 9.17) is 29.0 Å². The van der Waals surface area contributed by atoms with Gasteiger partial charge in [-0.3, -0.25) is 14.0 Å². The predicted molar refractivity (Wildman–Crippen MR) is 214 cm³/mol. The second kappa shape index (κ2) is 24.7. The molecule has 1 aliphatic carbocycles. The molecule has 0 bridgehead atoms. The minimum absolute atomic E-state index is 0.218. The van der Waals surface area contributed by atoms with Gasteiger partial charge in [-0.15, -0.1) is 0 Å². The van der Waals surface area contributed by atoms with Gasteiger partial charge in [0.05, 0.1) is 18.9 Å². The normalized spacial score (nSPS) is 23.7. The zero-order chi connectivity index (χ0) is 39.4. The Morgan fingerprint density at radius 3 is 2.18 bits per heavy atom. The third-order valence-corrected chi connectivity index (χ3v) is 12.0. The molecular weight excluding hydrogens is 725 g/mol. The number of nitrogens with zero attached hydrogens (tertiary/aromatic N) is 4. The van der Waals surface area contributed by atoms with Crippen LogP contribution in [0.3, 0.4) is 0 Å². The molecule has 0 spiro atoms. The van der Waals surface area contributed by atoms with Crippen LogP contribution in [-0.4, -0.2) is 93.5 Å². The molecule has 1 saturated heterocycles. The Morgan fingerprint density at radius 1 is 0.945 bits per heavy atom. The van der Waals surface area contributed by atoms with Gasteiger partial charge in [-0.1, -0.05) is 122 Å². The lowest BCUT2D eigenvalue weighted by Gasteiger charge is -2.28. The van der Waals surface area contributed by atoms with E-state index in [1.807, 2.05) is 0 Å². The maximum absolute atomic E-state index is 13.1. The van der Waals surface area contributed by atoms with Gasteiger partial charge < -0.3 is 35.1 Å². The van der Waals surface area contributed by atoms with Crippen LogP contribution in [0.5, 0.6) is 0 Å². The quantitative estimate of drug-likeness (QED) is 0.0340. The summed E-state index contributed by atoms with van der Waals surface area (Å²) in [5.41, 5.74) is 4.81. The van der Waals surface area contributed by atoms with Gasteiger partial charge in [0.2, 0.25) is 5.72 Å². The molecule has 314 valence electrons. The van der Waals surface area contributed by atoms with Gasteiger partial charge in [0.15, 0.2) is 5.82 Å².